The largest absolute Gasteiger partial charge is 0.493 e. The van der Waals surface area contributed by atoms with Crippen LogP contribution >= 0.6 is 0 Å². The van der Waals surface area contributed by atoms with Gasteiger partial charge in [0.2, 0.25) is 0 Å². The third-order valence-electron chi connectivity index (χ3n) is 2.22. The number of hydrogen-bond acceptors (Lipinski definition) is 4. The highest BCUT2D eigenvalue weighted by Gasteiger charge is 2.30. The number of benzene rings is 1. The van der Waals surface area contributed by atoms with Gasteiger partial charge in [-0.05, 0) is 26.0 Å². The number of aliphatic carboxylic acids is 1. The SMILES string of the molecule is COc1ccccc1OC(=O)NC(C)(C)C(=O)O. The molecule has 0 unspecified atom stereocenters. The van der Waals surface area contributed by atoms with Gasteiger partial charge in [0.25, 0.3) is 0 Å². The molecule has 0 aliphatic carbocycles. The zero-order valence-corrected chi connectivity index (χ0v) is 10.4. The van der Waals surface area contributed by atoms with E-state index in [0.29, 0.717) is 5.75 Å². The second-order valence-corrected chi connectivity index (χ2v) is 4.10. The van der Waals surface area contributed by atoms with Crippen LogP contribution in [-0.2, 0) is 4.79 Å². The van der Waals surface area contributed by atoms with Crippen molar-refractivity contribution in [2.75, 3.05) is 7.11 Å². The van der Waals surface area contributed by atoms with Gasteiger partial charge in [-0.2, -0.15) is 0 Å². The van der Waals surface area contributed by atoms with Gasteiger partial charge in [0.05, 0.1) is 7.11 Å². The van der Waals surface area contributed by atoms with Crippen molar-refractivity contribution < 1.29 is 24.2 Å². The van der Waals surface area contributed by atoms with E-state index in [-0.39, 0.29) is 5.75 Å². The molecule has 0 bridgehead atoms. The zero-order valence-electron chi connectivity index (χ0n) is 10.4. The van der Waals surface area contributed by atoms with Crippen molar-refractivity contribution in [3.05, 3.63) is 24.3 Å². The lowest BCUT2D eigenvalue weighted by Gasteiger charge is -2.20. The van der Waals surface area contributed by atoms with E-state index in [2.05, 4.69) is 5.32 Å². The minimum absolute atomic E-state index is 0.221. The molecule has 0 aromatic heterocycles. The van der Waals surface area contributed by atoms with E-state index in [0.717, 1.165) is 0 Å². The van der Waals surface area contributed by atoms with Crippen LogP contribution in [0.25, 0.3) is 0 Å². The molecule has 6 heteroatoms. The topological polar surface area (TPSA) is 84.9 Å². The minimum atomic E-state index is -1.40. The predicted octanol–water partition coefficient (Wildman–Crippen LogP) is 1.65. The Hall–Kier alpha value is -2.24. The first-order valence-electron chi connectivity index (χ1n) is 5.23. The number of carboxylic acid groups (broad SMARTS) is 1. The Labute approximate surface area is 105 Å². The van der Waals surface area contributed by atoms with Crippen molar-refractivity contribution >= 4 is 12.1 Å². The normalized spacial score (nSPS) is 10.6. The Kier molecular flexibility index (Phi) is 4.14. The quantitative estimate of drug-likeness (QED) is 0.852. The van der Waals surface area contributed by atoms with Crippen molar-refractivity contribution in [3.8, 4) is 11.5 Å². The Morgan fingerprint density at radius 2 is 1.78 bits per heavy atom. The molecule has 0 fully saturated rings. The van der Waals surface area contributed by atoms with E-state index in [1.807, 2.05) is 0 Å². The van der Waals surface area contributed by atoms with Crippen LogP contribution in [0, 0.1) is 0 Å². The van der Waals surface area contributed by atoms with Crippen LogP contribution in [0.3, 0.4) is 0 Å². The Bertz CT molecular complexity index is 456. The Morgan fingerprint density at radius 1 is 1.22 bits per heavy atom. The number of nitrogens with one attached hydrogen (secondary N) is 1. The first-order valence-corrected chi connectivity index (χ1v) is 5.23. The first kappa shape index (κ1) is 13.8. The molecule has 1 rings (SSSR count). The standard InChI is InChI=1S/C12H15NO5/c1-12(2,10(14)15)13-11(16)18-9-7-5-4-6-8(9)17-3/h4-7H,1-3H3,(H,13,16)(H,14,15). The van der Waals surface area contributed by atoms with Crippen molar-refractivity contribution in [2.24, 2.45) is 0 Å². The molecule has 6 nitrogen and oxygen atoms in total. The van der Waals surface area contributed by atoms with Crippen molar-refractivity contribution in [1.82, 2.24) is 5.32 Å². The second kappa shape index (κ2) is 5.39. The van der Waals surface area contributed by atoms with E-state index in [4.69, 9.17) is 14.6 Å². The maximum absolute atomic E-state index is 11.5. The molecule has 0 spiro atoms. The molecule has 18 heavy (non-hydrogen) atoms. The summed E-state index contributed by atoms with van der Waals surface area (Å²) in [6.45, 7) is 2.72. The Morgan fingerprint density at radius 3 is 2.28 bits per heavy atom. The summed E-state index contributed by atoms with van der Waals surface area (Å²) in [5, 5.41) is 11.1. The van der Waals surface area contributed by atoms with Crippen LogP contribution in [-0.4, -0.2) is 29.8 Å². The second-order valence-electron chi connectivity index (χ2n) is 4.10. The highest BCUT2D eigenvalue weighted by molar-refractivity contribution is 5.84. The summed E-state index contributed by atoms with van der Waals surface area (Å²) in [4.78, 5) is 22.4. The fourth-order valence-corrected chi connectivity index (χ4v) is 1.14. The third kappa shape index (κ3) is 3.38. The number of hydrogen-bond donors (Lipinski definition) is 2. The highest BCUT2D eigenvalue weighted by atomic mass is 16.6. The lowest BCUT2D eigenvalue weighted by molar-refractivity contribution is -0.143. The average molecular weight is 253 g/mol. The van der Waals surface area contributed by atoms with E-state index in [1.165, 1.54) is 21.0 Å². The fourth-order valence-electron chi connectivity index (χ4n) is 1.14. The smallest absolute Gasteiger partial charge is 0.413 e. The van der Waals surface area contributed by atoms with Gasteiger partial charge in [0, 0.05) is 0 Å². The summed E-state index contributed by atoms with van der Waals surface area (Å²) >= 11 is 0. The lowest BCUT2D eigenvalue weighted by Crippen LogP contribution is -2.50. The summed E-state index contributed by atoms with van der Waals surface area (Å²) in [6, 6.07) is 6.58. The number of carbonyl (C=O) groups is 2. The summed E-state index contributed by atoms with van der Waals surface area (Å²) in [5.41, 5.74) is -1.40. The van der Waals surface area contributed by atoms with Crippen LogP contribution in [0.4, 0.5) is 4.79 Å². The lowest BCUT2D eigenvalue weighted by atomic mass is 10.1. The van der Waals surface area contributed by atoms with Crippen LogP contribution in [0.15, 0.2) is 24.3 Å². The van der Waals surface area contributed by atoms with Crippen molar-refractivity contribution in [1.29, 1.82) is 0 Å². The molecule has 0 saturated carbocycles. The summed E-state index contributed by atoms with van der Waals surface area (Å²) < 4.78 is 9.99. The van der Waals surface area contributed by atoms with E-state index in [1.54, 1.807) is 24.3 Å². The molecule has 0 saturated heterocycles. The van der Waals surface area contributed by atoms with Crippen molar-refractivity contribution in [2.45, 2.75) is 19.4 Å². The predicted molar refractivity (Wildman–Crippen MR) is 63.9 cm³/mol. The summed E-state index contributed by atoms with van der Waals surface area (Å²) in [5.74, 6) is -0.543. The molecule has 1 aromatic carbocycles. The molecule has 0 aliphatic rings. The number of ether oxygens (including phenoxy) is 2. The first-order chi connectivity index (χ1) is 8.36. The maximum atomic E-state index is 11.5. The third-order valence-corrected chi connectivity index (χ3v) is 2.22. The molecule has 0 atom stereocenters. The van der Waals surface area contributed by atoms with Crippen molar-refractivity contribution in [3.63, 3.8) is 0 Å². The fraction of sp³-hybridized carbons (Fsp3) is 0.333. The number of carboxylic acids is 1. The van der Waals surface area contributed by atoms with Gasteiger partial charge in [-0.3, -0.25) is 0 Å². The molecule has 98 valence electrons. The van der Waals surface area contributed by atoms with Gasteiger partial charge in [-0.15, -0.1) is 0 Å². The molecule has 0 aliphatic heterocycles. The minimum Gasteiger partial charge on any atom is -0.493 e. The molecule has 2 N–H and O–H groups in total. The number of rotatable bonds is 4. The highest BCUT2D eigenvalue weighted by Crippen LogP contribution is 2.25. The molecular weight excluding hydrogens is 238 g/mol. The van der Waals surface area contributed by atoms with Gasteiger partial charge in [0.15, 0.2) is 11.5 Å². The molecule has 1 aromatic rings. The van der Waals surface area contributed by atoms with Gasteiger partial charge >= 0.3 is 12.1 Å². The number of amides is 1. The van der Waals surface area contributed by atoms with Crippen LogP contribution < -0.4 is 14.8 Å². The summed E-state index contributed by atoms with van der Waals surface area (Å²) in [6.07, 6.45) is -0.855. The van der Waals surface area contributed by atoms with Crippen LogP contribution in [0.1, 0.15) is 13.8 Å². The van der Waals surface area contributed by atoms with Gasteiger partial charge in [-0.25, -0.2) is 9.59 Å². The molecule has 0 radical (unpaired) electrons. The number of carbonyl (C=O) groups excluding carboxylic acids is 1. The van der Waals surface area contributed by atoms with E-state index >= 15 is 0 Å². The van der Waals surface area contributed by atoms with Gasteiger partial charge < -0.3 is 19.9 Å². The maximum Gasteiger partial charge on any atom is 0.413 e. The molecular formula is C12H15NO5. The monoisotopic (exact) mass is 253 g/mol. The summed E-state index contributed by atoms with van der Waals surface area (Å²) in [7, 11) is 1.45. The Balaban J connectivity index is 2.74. The van der Waals surface area contributed by atoms with Crippen LogP contribution in [0.5, 0.6) is 11.5 Å². The van der Waals surface area contributed by atoms with Crippen LogP contribution in [0.2, 0.25) is 0 Å². The molecule has 0 heterocycles. The van der Waals surface area contributed by atoms with E-state index < -0.39 is 17.6 Å². The van der Waals surface area contributed by atoms with E-state index in [9.17, 15) is 9.59 Å². The average Bonchev–Trinajstić information content (AvgIpc) is 2.28. The van der Waals surface area contributed by atoms with Gasteiger partial charge in [-0.1, -0.05) is 12.1 Å². The number of methoxy groups -OCH3 is 1. The number of para-hydroxylation sites is 2. The molecule has 1 amide bonds. The van der Waals surface area contributed by atoms with Gasteiger partial charge in [0.1, 0.15) is 5.54 Å². The zero-order chi connectivity index (χ0) is 13.8.